The summed E-state index contributed by atoms with van der Waals surface area (Å²) in [6, 6.07) is 16.2. The fourth-order valence-electron chi connectivity index (χ4n) is 4.28. The van der Waals surface area contributed by atoms with Gasteiger partial charge in [0.15, 0.2) is 0 Å². The minimum absolute atomic E-state index is 0.0698. The molecule has 1 aliphatic rings. The van der Waals surface area contributed by atoms with E-state index >= 15 is 0 Å². The van der Waals surface area contributed by atoms with Crippen LogP contribution in [0, 0.1) is 6.92 Å². The summed E-state index contributed by atoms with van der Waals surface area (Å²) in [6.45, 7) is 7.63. The average Bonchev–Trinajstić information content (AvgIpc) is 2.79. The molecule has 1 fully saturated rings. The molecule has 0 unspecified atom stereocenters. The van der Waals surface area contributed by atoms with E-state index in [1.165, 1.54) is 5.56 Å². The van der Waals surface area contributed by atoms with Crippen LogP contribution in [-0.2, 0) is 18.6 Å². The van der Waals surface area contributed by atoms with Crippen molar-refractivity contribution in [2.75, 3.05) is 25.5 Å². The first-order valence-electron chi connectivity index (χ1n) is 10.9. The smallest absolute Gasteiger partial charge is 0.138 e. The van der Waals surface area contributed by atoms with E-state index in [2.05, 4.69) is 34.3 Å². The molecule has 3 aromatic rings. The molecule has 1 saturated heterocycles. The van der Waals surface area contributed by atoms with Gasteiger partial charge in [-0.2, -0.15) is 0 Å². The van der Waals surface area contributed by atoms with Crippen molar-refractivity contribution in [2.45, 2.75) is 45.3 Å². The molecule has 0 aliphatic carbocycles. The minimum atomic E-state index is -0.0698. The van der Waals surface area contributed by atoms with Crippen LogP contribution < -0.4 is 10.1 Å². The third-order valence-electron chi connectivity index (χ3n) is 5.89. The third-order valence-corrected chi connectivity index (χ3v) is 5.89. The largest absolute Gasteiger partial charge is 0.487 e. The Morgan fingerprint density at radius 3 is 2.77 bits per heavy atom. The highest BCUT2D eigenvalue weighted by atomic mass is 16.5. The van der Waals surface area contributed by atoms with Gasteiger partial charge in [-0.25, -0.2) is 9.97 Å². The van der Waals surface area contributed by atoms with E-state index in [1.807, 2.05) is 50.4 Å². The van der Waals surface area contributed by atoms with Gasteiger partial charge in [0.25, 0.3) is 0 Å². The molecule has 6 heteroatoms. The fraction of sp³-hybridized carbons (Fsp3) is 0.400. The van der Waals surface area contributed by atoms with Crippen molar-refractivity contribution in [1.82, 2.24) is 19.9 Å². The summed E-state index contributed by atoms with van der Waals surface area (Å²) in [5.74, 6) is 2.74. The molecule has 1 aliphatic heterocycles. The molecule has 0 bridgehead atoms. The third kappa shape index (κ3) is 5.20. The number of hydrogen-bond acceptors (Lipinski definition) is 6. The van der Waals surface area contributed by atoms with Crippen molar-refractivity contribution in [3.05, 3.63) is 77.5 Å². The van der Waals surface area contributed by atoms with Gasteiger partial charge in [-0.15, -0.1) is 0 Å². The van der Waals surface area contributed by atoms with Crippen molar-refractivity contribution in [3.63, 3.8) is 0 Å². The number of benzene rings is 1. The average molecular weight is 418 g/mol. The number of piperidine rings is 1. The zero-order chi connectivity index (χ0) is 21.7. The van der Waals surface area contributed by atoms with Crippen LogP contribution in [0.2, 0.25) is 0 Å². The van der Waals surface area contributed by atoms with Crippen LogP contribution in [0.3, 0.4) is 0 Å². The highest BCUT2D eigenvalue weighted by Crippen LogP contribution is 2.34. The number of likely N-dealkylation sites (tertiary alicyclic amines) is 1. The Morgan fingerprint density at radius 2 is 1.97 bits per heavy atom. The second-order valence-corrected chi connectivity index (χ2v) is 8.56. The van der Waals surface area contributed by atoms with Crippen molar-refractivity contribution < 1.29 is 4.74 Å². The maximum Gasteiger partial charge on any atom is 0.138 e. The Balaban J connectivity index is 1.48. The molecule has 0 radical (unpaired) electrons. The van der Waals surface area contributed by atoms with E-state index < -0.39 is 0 Å². The number of nitrogens with zero attached hydrogens (tertiary/aromatic N) is 4. The number of para-hydroxylation sites is 1. The van der Waals surface area contributed by atoms with Crippen molar-refractivity contribution in [2.24, 2.45) is 0 Å². The predicted octanol–water partition coefficient (Wildman–Crippen LogP) is 4.35. The molecular weight excluding hydrogens is 386 g/mol. The van der Waals surface area contributed by atoms with Gasteiger partial charge in [0.2, 0.25) is 0 Å². The summed E-state index contributed by atoms with van der Waals surface area (Å²) < 4.78 is 6.13. The Hall–Kier alpha value is -2.99. The standard InChI is InChI=1S/C25H31N5O/c1-19-15-23(26-3)29-24(28-19)25(2)12-8-14-30(18-25)16-20-9-4-5-11-22(20)31-17-21-10-6-7-13-27-21/h4-7,9-11,13,15H,8,12,14,16-18H2,1-3H3,(H,26,28,29)/t25-/m1/s1. The summed E-state index contributed by atoms with van der Waals surface area (Å²) in [4.78, 5) is 16.4. The lowest BCUT2D eigenvalue weighted by atomic mass is 9.80. The van der Waals surface area contributed by atoms with Gasteiger partial charge in [0, 0.05) is 49.1 Å². The molecule has 0 spiro atoms. The lowest BCUT2D eigenvalue weighted by Crippen LogP contribution is -2.45. The molecule has 1 N–H and O–H groups in total. The number of pyridine rings is 1. The first kappa shape index (κ1) is 21.2. The number of aromatic nitrogens is 3. The molecule has 0 amide bonds. The normalized spacial score (nSPS) is 19.2. The van der Waals surface area contributed by atoms with Crippen molar-refractivity contribution >= 4 is 5.82 Å². The van der Waals surface area contributed by atoms with E-state index in [0.717, 1.165) is 61.3 Å². The Bertz CT molecular complexity index is 1010. The second kappa shape index (κ2) is 9.43. The van der Waals surface area contributed by atoms with Gasteiger partial charge in [-0.1, -0.05) is 31.2 Å². The van der Waals surface area contributed by atoms with E-state index in [0.29, 0.717) is 6.61 Å². The van der Waals surface area contributed by atoms with Crippen LogP contribution in [0.4, 0.5) is 5.82 Å². The lowest BCUT2D eigenvalue weighted by Gasteiger charge is -2.39. The van der Waals surface area contributed by atoms with E-state index in [-0.39, 0.29) is 5.41 Å². The van der Waals surface area contributed by atoms with Gasteiger partial charge in [-0.05, 0) is 44.5 Å². The molecule has 2 aromatic heterocycles. The van der Waals surface area contributed by atoms with Crippen LogP contribution in [-0.4, -0.2) is 40.0 Å². The summed E-state index contributed by atoms with van der Waals surface area (Å²) in [7, 11) is 1.91. The highest BCUT2D eigenvalue weighted by Gasteiger charge is 2.35. The van der Waals surface area contributed by atoms with Gasteiger partial charge in [-0.3, -0.25) is 9.88 Å². The zero-order valence-corrected chi connectivity index (χ0v) is 18.6. The molecule has 0 saturated carbocycles. The van der Waals surface area contributed by atoms with Gasteiger partial charge >= 0.3 is 0 Å². The van der Waals surface area contributed by atoms with E-state index in [1.54, 1.807) is 6.20 Å². The maximum atomic E-state index is 6.13. The maximum absolute atomic E-state index is 6.13. The molecule has 3 heterocycles. The van der Waals surface area contributed by atoms with Crippen LogP contribution in [0.25, 0.3) is 0 Å². The molecule has 4 rings (SSSR count). The SMILES string of the molecule is CNc1cc(C)nc([C@]2(C)CCCN(Cc3ccccc3OCc3ccccn3)C2)n1. The molecule has 31 heavy (non-hydrogen) atoms. The van der Waals surface area contributed by atoms with Crippen LogP contribution in [0.15, 0.2) is 54.7 Å². The van der Waals surface area contributed by atoms with E-state index in [4.69, 9.17) is 14.7 Å². The summed E-state index contributed by atoms with van der Waals surface area (Å²) >= 11 is 0. The first-order chi connectivity index (χ1) is 15.1. The minimum Gasteiger partial charge on any atom is -0.487 e. The molecular formula is C25H31N5O. The quantitative estimate of drug-likeness (QED) is 0.616. The second-order valence-electron chi connectivity index (χ2n) is 8.56. The number of rotatable bonds is 7. The Labute approximate surface area is 184 Å². The molecule has 1 atom stereocenters. The van der Waals surface area contributed by atoms with Gasteiger partial charge in [0.1, 0.15) is 24.0 Å². The number of aryl methyl sites for hydroxylation is 1. The molecule has 162 valence electrons. The van der Waals surface area contributed by atoms with Crippen molar-refractivity contribution in [3.8, 4) is 5.75 Å². The number of anilines is 1. The fourth-order valence-corrected chi connectivity index (χ4v) is 4.28. The Morgan fingerprint density at radius 1 is 1.13 bits per heavy atom. The van der Waals surface area contributed by atoms with E-state index in [9.17, 15) is 0 Å². The van der Waals surface area contributed by atoms with Crippen molar-refractivity contribution in [1.29, 1.82) is 0 Å². The number of nitrogens with one attached hydrogen (secondary N) is 1. The van der Waals surface area contributed by atoms with Gasteiger partial charge in [0.05, 0.1) is 5.69 Å². The number of hydrogen-bond donors (Lipinski definition) is 1. The van der Waals surface area contributed by atoms with Crippen LogP contribution in [0.5, 0.6) is 5.75 Å². The van der Waals surface area contributed by atoms with Gasteiger partial charge < -0.3 is 10.1 Å². The van der Waals surface area contributed by atoms with Crippen LogP contribution in [0.1, 0.15) is 42.5 Å². The predicted molar refractivity (Wildman–Crippen MR) is 123 cm³/mol. The molecule has 1 aromatic carbocycles. The summed E-state index contributed by atoms with van der Waals surface area (Å²) in [5.41, 5.74) is 3.06. The number of ether oxygens (including phenoxy) is 1. The lowest BCUT2D eigenvalue weighted by molar-refractivity contribution is 0.142. The zero-order valence-electron chi connectivity index (χ0n) is 18.6. The summed E-state index contributed by atoms with van der Waals surface area (Å²) in [5, 5.41) is 3.16. The molecule has 6 nitrogen and oxygen atoms in total. The Kier molecular flexibility index (Phi) is 6.47. The first-order valence-corrected chi connectivity index (χ1v) is 10.9. The van der Waals surface area contributed by atoms with Crippen LogP contribution >= 0.6 is 0 Å². The summed E-state index contributed by atoms with van der Waals surface area (Å²) in [6.07, 6.45) is 4.01. The monoisotopic (exact) mass is 417 g/mol. The highest BCUT2D eigenvalue weighted by molar-refractivity contribution is 5.36. The topological polar surface area (TPSA) is 63.2 Å².